The molecule has 2 aromatic rings. The zero-order chi connectivity index (χ0) is 16.1. The fraction of sp³-hybridized carbons (Fsp3) is 0.188. The molecule has 6 heteroatoms. The third-order valence-electron chi connectivity index (χ3n) is 3.14. The highest BCUT2D eigenvalue weighted by Gasteiger charge is 2.06. The van der Waals surface area contributed by atoms with Gasteiger partial charge in [-0.15, -0.1) is 0 Å². The molecule has 0 aliphatic rings. The minimum absolute atomic E-state index is 0.139. The molecule has 0 N–H and O–H groups in total. The summed E-state index contributed by atoms with van der Waals surface area (Å²) < 4.78 is 1.30. The first-order valence-electron chi connectivity index (χ1n) is 6.54. The number of hydrogen-bond acceptors (Lipinski definition) is 5. The number of hydrogen-bond donors (Lipinski definition) is 0. The SMILES string of the molecule is Cc1cc(=O)n(C)nc1-c1ccc(CN=C(C#N)C#N)cc1. The summed E-state index contributed by atoms with van der Waals surface area (Å²) in [4.78, 5) is 15.4. The highest BCUT2D eigenvalue weighted by molar-refractivity contribution is 6.10. The number of rotatable bonds is 3. The number of benzene rings is 1. The number of nitrogens with zero attached hydrogens (tertiary/aromatic N) is 5. The monoisotopic (exact) mass is 291 g/mol. The van der Waals surface area contributed by atoms with Gasteiger partial charge in [-0.25, -0.2) is 4.68 Å². The van der Waals surface area contributed by atoms with E-state index in [2.05, 4.69) is 10.1 Å². The van der Waals surface area contributed by atoms with Crippen molar-refractivity contribution in [3.8, 4) is 23.4 Å². The van der Waals surface area contributed by atoms with Crippen molar-refractivity contribution in [2.24, 2.45) is 12.0 Å². The molecular weight excluding hydrogens is 278 g/mol. The second-order valence-electron chi connectivity index (χ2n) is 4.72. The zero-order valence-corrected chi connectivity index (χ0v) is 12.2. The molecule has 0 saturated carbocycles. The van der Waals surface area contributed by atoms with E-state index in [-0.39, 0.29) is 17.8 Å². The van der Waals surface area contributed by atoms with Gasteiger partial charge in [0.05, 0.1) is 12.2 Å². The van der Waals surface area contributed by atoms with Crippen molar-refractivity contribution in [2.75, 3.05) is 0 Å². The summed E-state index contributed by atoms with van der Waals surface area (Å²) in [6.07, 6.45) is 0. The molecule has 1 heterocycles. The molecule has 1 aromatic heterocycles. The number of aliphatic imine (C=N–C) groups is 1. The summed E-state index contributed by atoms with van der Waals surface area (Å²) in [6, 6.07) is 12.5. The van der Waals surface area contributed by atoms with Gasteiger partial charge in [0, 0.05) is 18.7 Å². The van der Waals surface area contributed by atoms with Crippen LogP contribution in [0.2, 0.25) is 0 Å². The first-order valence-corrected chi connectivity index (χ1v) is 6.54. The number of nitriles is 2. The topological polar surface area (TPSA) is 94.8 Å². The molecular formula is C16H13N5O. The van der Waals surface area contributed by atoms with Crippen LogP contribution in [0.4, 0.5) is 0 Å². The molecule has 1 aromatic carbocycles. The quantitative estimate of drug-likeness (QED) is 0.805. The highest BCUT2D eigenvalue weighted by atomic mass is 16.1. The van der Waals surface area contributed by atoms with Gasteiger partial charge in [0.25, 0.3) is 5.56 Å². The molecule has 108 valence electrons. The van der Waals surface area contributed by atoms with Gasteiger partial charge in [0.2, 0.25) is 5.71 Å². The van der Waals surface area contributed by atoms with Crippen LogP contribution in [0, 0.1) is 29.6 Å². The van der Waals surface area contributed by atoms with Gasteiger partial charge in [-0.2, -0.15) is 15.6 Å². The van der Waals surface area contributed by atoms with E-state index in [1.54, 1.807) is 25.3 Å². The molecule has 0 fully saturated rings. The second-order valence-corrected chi connectivity index (χ2v) is 4.72. The largest absolute Gasteiger partial charge is 0.268 e. The molecule has 0 atom stereocenters. The van der Waals surface area contributed by atoms with Crippen molar-refractivity contribution in [1.82, 2.24) is 9.78 Å². The molecule has 0 radical (unpaired) electrons. The van der Waals surface area contributed by atoms with E-state index < -0.39 is 0 Å². The highest BCUT2D eigenvalue weighted by Crippen LogP contribution is 2.20. The van der Waals surface area contributed by atoms with Crippen molar-refractivity contribution in [2.45, 2.75) is 13.5 Å². The fourth-order valence-corrected chi connectivity index (χ4v) is 1.94. The summed E-state index contributed by atoms with van der Waals surface area (Å²) in [5, 5.41) is 21.5. The van der Waals surface area contributed by atoms with E-state index in [1.807, 2.05) is 31.2 Å². The first-order chi connectivity index (χ1) is 10.5. The maximum atomic E-state index is 11.5. The third-order valence-corrected chi connectivity index (χ3v) is 3.14. The van der Waals surface area contributed by atoms with E-state index in [0.717, 1.165) is 22.4 Å². The Morgan fingerprint density at radius 2 is 1.91 bits per heavy atom. The van der Waals surface area contributed by atoms with Crippen LogP contribution >= 0.6 is 0 Å². The maximum Gasteiger partial charge on any atom is 0.266 e. The average Bonchev–Trinajstić information content (AvgIpc) is 2.52. The van der Waals surface area contributed by atoms with Crippen LogP contribution in [-0.4, -0.2) is 15.5 Å². The Labute approximate surface area is 127 Å². The lowest BCUT2D eigenvalue weighted by atomic mass is 10.1. The Morgan fingerprint density at radius 1 is 1.27 bits per heavy atom. The third kappa shape index (κ3) is 3.25. The minimum atomic E-state index is -0.146. The van der Waals surface area contributed by atoms with Gasteiger partial charge in [-0.3, -0.25) is 9.79 Å². The van der Waals surface area contributed by atoms with Gasteiger partial charge < -0.3 is 0 Å². The van der Waals surface area contributed by atoms with Crippen LogP contribution in [0.3, 0.4) is 0 Å². The summed E-state index contributed by atoms with van der Waals surface area (Å²) in [7, 11) is 1.61. The lowest BCUT2D eigenvalue weighted by Crippen LogP contribution is -2.19. The lowest BCUT2D eigenvalue weighted by molar-refractivity contribution is 0.708. The van der Waals surface area contributed by atoms with Crippen molar-refractivity contribution < 1.29 is 0 Å². The van der Waals surface area contributed by atoms with Crippen LogP contribution in [0.15, 0.2) is 40.1 Å². The van der Waals surface area contributed by atoms with E-state index >= 15 is 0 Å². The maximum absolute atomic E-state index is 11.5. The predicted molar refractivity (Wildman–Crippen MR) is 82.0 cm³/mol. The van der Waals surface area contributed by atoms with Gasteiger partial charge in [0.1, 0.15) is 12.1 Å². The molecule has 0 unspecified atom stereocenters. The van der Waals surface area contributed by atoms with Gasteiger partial charge >= 0.3 is 0 Å². The molecule has 0 aliphatic carbocycles. The minimum Gasteiger partial charge on any atom is -0.268 e. The summed E-state index contributed by atoms with van der Waals surface area (Å²) in [5.41, 5.74) is 3.04. The Bertz CT molecular complexity index is 847. The Balaban J connectivity index is 2.29. The molecule has 0 amide bonds. The zero-order valence-electron chi connectivity index (χ0n) is 12.2. The van der Waals surface area contributed by atoms with E-state index in [9.17, 15) is 4.79 Å². The van der Waals surface area contributed by atoms with Gasteiger partial charge in [-0.1, -0.05) is 24.3 Å². The molecule has 0 bridgehead atoms. The van der Waals surface area contributed by atoms with Crippen LogP contribution in [0.5, 0.6) is 0 Å². The van der Waals surface area contributed by atoms with Crippen molar-refractivity contribution in [3.63, 3.8) is 0 Å². The average molecular weight is 291 g/mol. The fourth-order valence-electron chi connectivity index (χ4n) is 1.94. The molecule has 0 aliphatic heterocycles. The molecule has 2 rings (SSSR count). The lowest BCUT2D eigenvalue weighted by Gasteiger charge is -2.07. The van der Waals surface area contributed by atoms with E-state index in [4.69, 9.17) is 10.5 Å². The first kappa shape index (κ1) is 15.1. The van der Waals surface area contributed by atoms with E-state index in [1.165, 1.54) is 4.68 Å². The summed E-state index contributed by atoms with van der Waals surface area (Å²) in [6.45, 7) is 2.12. The Morgan fingerprint density at radius 3 is 2.50 bits per heavy atom. The van der Waals surface area contributed by atoms with Crippen LogP contribution in [0.1, 0.15) is 11.1 Å². The second kappa shape index (κ2) is 6.47. The molecule has 22 heavy (non-hydrogen) atoms. The normalized spacial score (nSPS) is 9.64. The smallest absolute Gasteiger partial charge is 0.266 e. The molecule has 6 nitrogen and oxygen atoms in total. The van der Waals surface area contributed by atoms with Crippen molar-refractivity contribution >= 4 is 5.71 Å². The molecule has 0 saturated heterocycles. The van der Waals surface area contributed by atoms with Gasteiger partial charge in [0.15, 0.2) is 0 Å². The predicted octanol–water partition coefficient (Wildman–Crippen LogP) is 1.74. The number of aryl methyl sites for hydroxylation is 2. The standard InChI is InChI=1S/C16H13N5O/c1-11-7-15(22)21(2)20-16(11)13-5-3-12(4-6-13)10-19-14(8-17)9-18/h3-7H,10H2,1-2H3. The van der Waals surface area contributed by atoms with Crippen LogP contribution in [0.25, 0.3) is 11.3 Å². The summed E-state index contributed by atoms with van der Waals surface area (Å²) in [5.74, 6) is 0. The Hall–Kier alpha value is -3.25. The Kier molecular flexibility index (Phi) is 4.45. The molecule has 0 spiro atoms. The van der Waals surface area contributed by atoms with Crippen LogP contribution < -0.4 is 5.56 Å². The van der Waals surface area contributed by atoms with Crippen LogP contribution in [-0.2, 0) is 13.6 Å². The number of aromatic nitrogens is 2. The summed E-state index contributed by atoms with van der Waals surface area (Å²) >= 11 is 0. The van der Waals surface area contributed by atoms with Crippen molar-refractivity contribution in [3.05, 3.63) is 51.8 Å². The van der Waals surface area contributed by atoms with E-state index in [0.29, 0.717) is 0 Å². The van der Waals surface area contributed by atoms with Crippen molar-refractivity contribution in [1.29, 1.82) is 10.5 Å². The van der Waals surface area contributed by atoms with Gasteiger partial charge in [-0.05, 0) is 18.1 Å².